The van der Waals surface area contributed by atoms with E-state index in [0.29, 0.717) is 22.9 Å². The summed E-state index contributed by atoms with van der Waals surface area (Å²) in [5.41, 5.74) is 1.03. The van der Waals surface area contributed by atoms with Crippen LogP contribution in [0.3, 0.4) is 0 Å². The molecule has 2 amide bonds. The average Bonchev–Trinajstić information content (AvgIpc) is 2.98. The quantitative estimate of drug-likeness (QED) is 0.832. The Morgan fingerprint density at radius 1 is 1.23 bits per heavy atom. The van der Waals surface area contributed by atoms with Crippen molar-refractivity contribution in [1.82, 2.24) is 0 Å². The van der Waals surface area contributed by atoms with Crippen LogP contribution in [0.2, 0.25) is 0 Å². The molecule has 0 spiro atoms. The zero-order valence-electron chi connectivity index (χ0n) is 12.3. The molecule has 0 aliphatic rings. The maximum absolute atomic E-state index is 11.8. The number of carbonyl (C=O) groups excluding carboxylic acids is 2. The van der Waals surface area contributed by atoms with Gasteiger partial charge in [-0.1, -0.05) is 0 Å². The zero-order chi connectivity index (χ0) is 15.9. The monoisotopic (exact) mass is 300 g/mol. The van der Waals surface area contributed by atoms with Gasteiger partial charge in [0.15, 0.2) is 0 Å². The van der Waals surface area contributed by atoms with Crippen LogP contribution in [-0.4, -0.2) is 18.9 Å². The summed E-state index contributed by atoms with van der Waals surface area (Å²) in [4.78, 5) is 23.0. The van der Waals surface area contributed by atoms with Gasteiger partial charge < -0.3 is 19.8 Å². The highest BCUT2D eigenvalue weighted by Gasteiger charge is 2.07. The number of methoxy groups -OCH3 is 1. The molecule has 114 valence electrons. The fraction of sp³-hybridized carbons (Fsp3) is 0.125. The van der Waals surface area contributed by atoms with E-state index in [1.165, 1.54) is 26.4 Å². The van der Waals surface area contributed by atoms with Crippen molar-refractivity contribution in [2.45, 2.75) is 6.92 Å². The molecule has 6 heteroatoms. The Morgan fingerprint density at radius 3 is 2.68 bits per heavy atom. The van der Waals surface area contributed by atoms with Crippen molar-refractivity contribution < 1.29 is 18.7 Å². The van der Waals surface area contributed by atoms with Gasteiger partial charge in [0.05, 0.1) is 19.1 Å². The molecule has 22 heavy (non-hydrogen) atoms. The minimum Gasteiger partial charge on any atom is -0.495 e. The molecule has 1 aromatic carbocycles. The first-order valence-electron chi connectivity index (χ1n) is 6.56. The van der Waals surface area contributed by atoms with Crippen LogP contribution in [0.5, 0.6) is 5.75 Å². The zero-order valence-corrected chi connectivity index (χ0v) is 12.3. The number of rotatable bonds is 5. The highest BCUT2D eigenvalue weighted by Crippen LogP contribution is 2.27. The van der Waals surface area contributed by atoms with Crippen LogP contribution in [0.4, 0.5) is 11.4 Å². The molecule has 2 aromatic rings. The third kappa shape index (κ3) is 4.24. The predicted molar refractivity (Wildman–Crippen MR) is 83.7 cm³/mol. The summed E-state index contributed by atoms with van der Waals surface area (Å²) in [6.45, 7) is 1.40. The molecule has 0 atom stereocenters. The molecule has 0 unspecified atom stereocenters. The van der Waals surface area contributed by atoms with Crippen molar-refractivity contribution in [2.75, 3.05) is 17.7 Å². The maximum atomic E-state index is 11.8. The lowest BCUT2D eigenvalue weighted by Crippen LogP contribution is -2.10. The number of anilines is 2. The summed E-state index contributed by atoms with van der Waals surface area (Å²) in [5.74, 6) is 0.568. The van der Waals surface area contributed by atoms with E-state index in [1.807, 2.05) is 0 Å². The highest BCUT2D eigenvalue weighted by molar-refractivity contribution is 6.02. The van der Waals surface area contributed by atoms with Crippen LogP contribution in [0.25, 0.3) is 6.08 Å². The minimum atomic E-state index is -0.310. The van der Waals surface area contributed by atoms with Gasteiger partial charge >= 0.3 is 0 Å². The van der Waals surface area contributed by atoms with Crippen LogP contribution in [0.1, 0.15) is 12.7 Å². The van der Waals surface area contributed by atoms with Gasteiger partial charge in [0, 0.05) is 18.7 Å². The van der Waals surface area contributed by atoms with Crippen LogP contribution >= 0.6 is 0 Å². The lowest BCUT2D eigenvalue weighted by atomic mass is 10.2. The number of ether oxygens (including phenoxy) is 1. The lowest BCUT2D eigenvalue weighted by Gasteiger charge is -2.11. The molecule has 0 aliphatic heterocycles. The van der Waals surface area contributed by atoms with Gasteiger partial charge in [-0.3, -0.25) is 9.59 Å². The van der Waals surface area contributed by atoms with Crippen LogP contribution in [-0.2, 0) is 9.59 Å². The van der Waals surface area contributed by atoms with Gasteiger partial charge in [-0.2, -0.15) is 0 Å². The third-order valence-corrected chi connectivity index (χ3v) is 2.72. The number of hydrogen-bond donors (Lipinski definition) is 2. The van der Waals surface area contributed by atoms with E-state index in [4.69, 9.17) is 9.15 Å². The van der Waals surface area contributed by atoms with E-state index in [1.54, 1.807) is 36.4 Å². The molecule has 0 saturated carbocycles. The van der Waals surface area contributed by atoms with E-state index < -0.39 is 0 Å². The van der Waals surface area contributed by atoms with Gasteiger partial charge in [0.25, 0.3) is 0 Å². The first kappa shape index (κ1) is 15.4. The van der Waals surface area contributed by atoms with Crippen molar-refractivity contribution in [3.63, 3.8) is 0 Å². The summed E-state index contributed by atoms with van der Waals surface area (Å²) in [5, 5.41) is 5.34. The largest absolute Gasteiger partial charge is 0.495 e. The molecule has 0 bridgehead atoms. The van der Waals surface area contributed by atoms with Crippen molar-refractivity contribution in [3.8, 4) is 5.75 Å². The Kier molecular flexibility index (Phi) is 4.98. The molecular weight excluding hydrogens is 284 g/mol. The summed E-state index contributed by atoms with van der Waals surface area (Å²) in [7, 11) is 1.50. The van der Waals surface area contributed by atoms with E-state index in [9.17, 15) is 9.59 Å². The summed E-state index contributed by atoms with van der Waals surface area (Å²) in [6, 6.07) is 8.45. The van der Waals surface area contributed by atoms with Gasteiger partial charge in [0.1, 0.15) is 11.5 Å². The van der Waals surface area contributed by atoms with Crippen molar-refractivity contribution in [1.29, 1.82) is 0 Å². The van der Waals surface area contributed by atoms with Gasteiger partial charge in [-0.15, -0.1) is 0 Å². The second-order valence-electron chi connectivity index (χ2n) is 4.43. The molecule has 2 rings (SSSR count). The SMILES string of the molecule is COc1ccc(NC(=O)/C=C\c2ccco2)cc1NC(C)=O. The van der Waals surface area contributed by atoms with Crippen molar-refractivity contribution >= 4 is 29.3 Å². The molecule has 2 N–H and O–H groups in total. The summed E-state index contributed by atoms with van der Waals surface area (Å²) in [6.07, 6.45) is 4.45. The van der Waals surface area contributed by atoms with Crippen LogP contribution in [0, 0.1) is 0 Å². The topological polar surface area (TPSA) is 80.6 Å². The summed E-state index contributed by atoms with van der Waals surface area (Å²) >= 11 is 0. The standard InChI is InChI=1S/C16H16N2O4/c1-11(19)17-14-10-12(5-7-15(14)21-2)18-16(20)8-6-13-4-3-9-22-13/h3-10H,1-2H3,(H,17,19)(H,18,20)/b8-6-. The molecule has 6 nitrogen and oxygen atoms in total. The smallest absolute Gasteiger partial charge is 0.248 e. The highest BCUT2D eigenvalue weighted by atomic mass is 16.5. The van der Waals surface area contributed by atoms with Gasteiger partial charge in [-0.05, 0) is 36.4 Å². The Hall–Kier alpha value is -3.02. The molecule has 1 aromatic heterocycles. The number of hydrogen-bond acceptors (Lipinski definition) is 4. The number of benzene rings is 1. The molecule has 1 heterocycles. The normalized spacial score (nSPS) is 10.5. The Labute approximate surface area is 127 Å². The Balaban J connectivity index is 2.08. The van der Waals surface area contributed by atoms with Crippen molar-refractivity contribution in [2.24, 2.45) is 0 Å². The van der Waals surface area contributed by atoms with E-state index in [0.717, 1.165) is 0 Å². The molecular formula is C16H16N2O4. The lowest BCUT2D eigenvalue weighted by molar-refractivity contribution is -0.114. The van der Waals surface area contributed by atoms with Crippen LogP contribution in [0.15, 0.2) is 47.1 Å². The van der Waals surface area contributed by atoms with E-state index >= 15 is 0 Å². The fourth-order valence-electron chi connectivity index (χ4n) is 1.80. The Bertz CT molecular complexity index is 690. The molecule has 0 aliphatic carbocycles. The predicted octanol–water partition coefficient (Wildman–Crippen LogP) is 2.90. The van der Waals surface area contributed by atoms with E-state index in [2.05, 4.69) is 10.6 Å². The fourth-order valence-corrected chi connectivity index (χ4v) is 1.80. The number of nitrogens with one attached hydrogen (secondary N) is 2. The number of carbonyl (C=O) groups is 2. The van der Waals surface area contributed by atoms with Gasteiger partial charge in [-0.25, -0.2) is 0 Å². The summed E-state index contributed by atoms with van der Waals surface area (Å²) < 4.78 is 10.2. The number of amides is 2. The maximum Gasteiger partial charge on any atom is 0.248 e. The van der Waals surface area contributed by atoms with Gasteiger partial charge in [0.2, 0.25) is 11.8 Å². The van der Waals surface area contributed by atoms with E-state index in [-0.39, 0.29) is 11.8 Å². The first-order chi connectivity index (χ1) is 10.6. The average molecular weight is 300 g/mol. The first-order valence-corrected chi connectivity index (χ1v) is 6.56. The molecule has 0 fully saturated rings. The number of furan rings is 1. The second-order valence-corrected chi connectivity index (χ2v) is 4.43. The third-order valence-electron chi connectivity index (χ3n) is 2.72. The van der Waals surface area contributed by atoms with Crippen molar-refractivity contribution in [3.05, 3.63) is 48.4 Å². The molecule has 0 radical (unpaired) electrons. The second kappa shape index (κ2) is 7.12. The molecule has 0 saturated heterocycles. The Morgan fingerprint density at radius 2 is 2.05 bits per heavy atom. The minimum absolute atomic E-state index is 0.223. The van der Waals surface area contributed by atoms with Crippen LogP contribution < -0.4 is 15.4 Å².